The topological polar surface area (TPSA) is 32.3 Å². The average Bonchev–Trinajstić information content (AvgIpc) is 3.85. The standard InChI is InChI=1S/C46H44N4S2/c1-27-21-33(49(31-15-11-9-12-16-31)43-47-29(3)25-51-43)23-37-39(27)35-19-20-36-40-28(2)22-34(24-38(40)46(7,8)42(36)41(35)45(37,5)6)50(32-17-13-10-14-18-32)44-48-30(4)26-52-44/h9-26,37,39H,1-8H3. The lowest BCUT2D eigenvalue weighted by atomic mass is 9.69. The van der Waals surface area contributed by atoms with Gasteiger partial charge in [-0.1, -0.05) is 87.9 Å². The number of allylic oxidation sites excluding steroid dienone is 3. The van der Waals surface area contributed by atoms with Crippen LogP contribution in [0.15, 0.2) is 119 Å². The minimum atomic E-state index is -0.193. The fraction of sp³-hybridized carbons (Fsp3) is 0.261. The highest BCUT2D eigenvalue weighted by Gasteiger charge is 2.52. The highest BCUT2D eigenvalue weighted by Crippen LogP contribution is 2.63. The molecule has 4 aromatic carbocycles. The SMILES string of the molecule is CC1=CC(N(c2ccccc2)c2nc(C)cs2)=CC2C1c1ccc3c(c1C2(C)C)C(C)(C)c1cc(N(c2ccccc2)c2nc(C)cs2)cc(C)c1-3. The summed E-state index contributed by atoms with van der Waals surface area (Å²) >= 11 is 3.41. The highest BCUT2D eigenvalue weighted by molar-refractivity contribution is 7.14. The molecule has 0 saturated heterocycles. The Morgan fingerprint density at radius 3 is 1.85 bits per heavy atom. The molecule has 0 fully saturated rings. The monoisotopic (exact) mass is 716 g/mol. The van der Waals surface area contributed by atoms with E-state index in [1.165, 1.54) is 50.2 Å². The summed E-state index contributed by atoms with van der Waals surface area (Å²) in [6.07, 6.45) is 4.97. The van der Waals surface area contributed by atoms with Crippen molar-refractivity contribution in [3.8, 4) is 11.1 Å². The summed E-state index contributed by atoms with van der Waals surface area (Å²) in [6.45, 7) is 18.7. The van der Waals surface area contributed by atoms with Crippen LogP contribution in [0.25, 0.3) is 11.1 Å². The largest absolute Gasteiger partial charge is 0.287 e. The fourth-order valence-corrected chi connectivity index (χ4v) is 11.1. The van der Waals surface area contributed by atoms with Gasteiger partial charge in [0.1, 0.15) is 0 Å². The van der Waals surface area contributed by atoms with Crippen LogP contribution in [0.1, 0.15) is 79.7 Å². The van der Waals surface area contributed by atoms with Gasteiger partial charge in [0.2, 0.25) is 0 Å². The van der Waals surface area contributed by atoms with E-state index in [9.17, 15) is 0 Å². The van der Waals surface area contributed by atoms with Crippen molar-refractivity contribution in [2.45, 2.75) is 72.1 Å². The lowest BCUT2D eigenvalue weighted by Crippen LogP contribution is -2.31. The van der Waals surface area contributed by atoms with Crippen molar-refractivity contribution in [1.29, 1.82) is 0 Å². The minimum absolute atomic E-state index is 0.0994. The zero-order valence-corrected chi connectivity index (χ0v) is 32.8. The van der Waals surface area contributed by atoms with Crippen molar-refractivity contribution < 1.29 is 0 Å². The number of hydrogen-bond acceptors (Lipinski definition) is 6. The first-order chi connectivity index (χ1) is 24.9. The number of aryl methyl sites for hydroxylation is 3. The molecule has 3 aliphatic carbocycles. The Hall–Kier alpha value is -4.78. The van der Waals surface area contributed by atoms with E-state index in [1.807, 2.05) is 0 Å². The Balaban J connectivity index is 1.18. The van der Waals surface area contributed by atoms with Crippen LogP contribution < -0.4 is 9.80 Å². The number of nitrogens with zero attached hydrogens (tertiary/aromatic N) is 4. The molecule has 260 valence electrons. The van der Waals surface area contributed by atoms with E-state index in [1.54, 1.807) is 22.7 Å². The second-order valence-electron chi connectivity index (χ2n) is 15.9. The van der Waals surface area contributed by atoms with Crippen LogP contribution >= 0.6 is 22.7 Å². The Morgan fingerprint density at radius 1 is 0.654 bits per heavy atom. The van der Waals surface area contributed by atoms with Gasteiger partial charge in [-0.15, -0.1) is 22.7 Å². The van der Waals surface area contributed by atoms with Crippen molar-refractivity contribution in [3.05, 3.63) is 158 Å². The third kappa shape index (κ3) is 4.91. The van der Waals surface area contributed by atoms with Gasteiger partial charge in [0.15, 0.2) is 10.3 Å². The first-order valence-electron chi connectivity index (χ1n) is 18.2. The molecule has 0 spiro atoms. The number of para-hydroxylation sites is 2. The normalized spacial score (nSPS) is 18.9. The van der Waals surface area contributed by atoms with Gasteiger partial charge in [0, 0.05) is 44.9 Å². The predicted octanol–water partition coefficient (Wildman–Crippen LogP) is 13.0. The lowest BCUT2D eigenvalue weighted by Gasteiger charge is -2.36. The minimum Gasteiger partial charge on any atom is -0.287 e. The maximum Gasteiger partial charge on any atom is 0.194 e. The van der Waals surface area contributed by atoms with Crippen LogP contribution in [0.4, 0.5) is 27.3 Å². The summed E-state index contributed by atoms with van der Waals surface area (Å²) < 4.78 is 0. The van der Waals surface area contributed by atoms with Crippen LogP contribution in [0, 0.1) is 26.7 Å². The third-order valence-corrected chi connectivity index (χ3v) is 13.5. The van der Waals surface area contributed by atoms with Gasteiger partial charge < -0.3 is 0 Å². The van der Waals surface area contributed by atoms with E-state index >= 15 is 0 Å². The van der Waals surface area contributed by atoms with E-state index in [4.69, 9.17) is 9.97 Å². The van der Waals surface area contributed by atoms with Crippen molar-refractivity contribution in [2.75, 3.05) is 9.80 Å². The number of rotatable bonds is 6. The van der Waals surface area contributed by atoms with Crippen LogP contribution in [-0.2, 0) is 10.8 Å². The molecule has 4 nitrogen and oxygen atoms in total. The third-order valence-electron chi connectivity index (χ3n) is 11.7. The second kappa shape index (κ2) is 11.9. The summed E-state index contributed by atoms with van der Waals surface area (Å²) in [5, 5.41) is 6.29. The molecule has 2 unspecified atom stereocenters. The zero-order chi connectivity index (χ0) is 36.1. The fourth-order valence-electron chi connectivity index (χ4n) is 9.40. The van der Waals surface area contributed by atoms with Crippen molar-refractivity contribution in [2.24, 2.45) is 5.92 Å². The molecule has 0 saturated carbocycles. The van der Waals surface area contributed by atoms with Crippen LogP contribution in [0.3, 0.4) is 0 Å². The summed E-state index contributed by atoms with van der Waals surface area (Å²) in [5.74, 6) is 0.631. The molecule has 0 aliphatic heterocycles. The van der Waals surface area contributed by atoms with Crippen LogP contribution in [-0.4, -0.2) is 9.97 Å². The number of fused-ring (bicyclic) bond motifs is 7. The van der Waals surface area contributed by atoms with Gasteiger partial charge in [-0.3, -0.25) is 9.80 Å². The van der Waals surface area contributed by atoms with Crippen LogP contribution in [0.2, 0.25) is 0 Å². The first kappa shape index (κ1) is 33.1. The van der Waals surface area contributed by atoms with Gasteiger partial charge in [0.05, 0.1) is 11.4 Å². The molecule has 0 amide bonds. The summed E-state index contributed by atoms with van der Waals surface area (Å²) in [4.78, 5) is 14.6. The molecule has 3 aliphatic rings. The van der Waals surface area contributed by atoms with E-state index in [0.29, 0.717) is 11.8 Å². The molecule has 2 aromatic heterocycles. The molecule has 2 atom stereocenters. The molecule has 6 heteroatoms. The summed E-state index contributed by atoms with van der Waals surface area (Å²) in [7, 11) is 0. The van der Waals surface area contributed by atoms with Gasteiger partial charge in [-0.2, -0.15) is 0 Å². The maximum atomic E-state index is 4.97. The second-order valence-corrected chi connectivity index (χ2v) is 17.5. The molecule has 6 aromatic rings. The number of thiazole rings is 2. The Labute approximate surface area is 315 Å². The molecule has 9 rings (SSSR count). The molecular formula is C46H44N4S2. The van der Waals surface area contributed by atoms with Gasteiger partial charge >= 0.3 is 0 Å². The first-order valence-corrected chi connectivity index (χ1v) is 20.0. The van der Waals surface area contributed by atoms with Crippen molar-refractivity contribution >= 4 is 50.0 Å². The average molecular weight is 717 g/mol. The quantitative estimate of drug-likeness (QED) is 0.172. The smallest absolute Gasteiger partial charge is 0.194 e. The lowest BCUT2D eigenvalue weighted by molar-refractivity contribution is 0.380. The van der Waals surface area contributed by atoms with Crippen molar-refractivity contribution in [1.82, 2.24) is 9.97 Å². The molecule has 0 radical (unpaired) electrons. The van der Waals surface area contributed by atoms with E-state index < -0.39 is 0 Å². The van der Waals surface area contributed by atoms with E-state index in [0.717, 1.165) is 38.7 Å². The number of benzene rings is 4. The van der Waals surface area contributed by atoms with Gasteiger partial charge in [-0.25, -0.2) is 9.97 Å². The van der Waals surface area contributed by atoms with E-state index in [-0.39, 0.29) is 10.8 Å². The summed E-state index contributed by atoms with van der Waals surface area (Å²) in [5.41, 5.74) is 17.8. The molecule has 2 heterocycles. The summed E-state index contributed by atoms with van der Waals surface area (Å²) in [6, 6.07) is 31.1. The maximum absolute atomic E-state index is 4.97. The Bertz CT molecular complexity index is 2430. The van der Waals surface area contributed by atoms with Crippen molar-refractivity contribution in [3.63, 3.8) is 0 Å². The molecular weight excluding hydrogens is 673 g/mol. The zero-order valence-electron chi connectivity index (χ0n) is 31.2. The molecule has 0 N–H and O–H groups in total. The predicted molar refractivity (Wildman–Crippen MR) is 220 cm³/mol. The molecule has 52 heavy (non-hydrogen) atoms. The Morgan fingerprint density at radius 2 is 1.25 bits per heavy atom. The highest BCUT2D eigenvalue weighted by atomic mass is 32.1. The van der Waals surface area contributed by atoms with Gasteiger partial charge in [-0.05, 0) is 120 Å². The van der Waals surface area contributed by atoms with E-state index in [2.05, 4.69) is 173 Å². The number of hydrogen-bond donors (Lipinski definition) is 0. The Kier molecular flexibility index (Phi) is 7.55. The molecule has 0 bridgehead atoms. The van der Waals surface area contributed by atoms with Crippen LogP contribution in [0.5, 0.6) is 0 Å². The number of anilines is 5. The van der Waals surface area contributed by atoms with Gasteiger partial charge in [0.25, 0.3) is 0 Å². The number of aromatic nitrogens is 2.